The average molecular weight is 326 g/mol. The number of benzene rings is 1. The molecule has 0 radical (unpaired) electrons. The van der Waals surface area contributed by atoms with E-state index in [1.165, 1.54) is 6.26 Å². The highest BCUT2D eigenvalue weighted by atomic mass is 32.2. The summed E-state index contributed by atoms with van der Waals surface area (Å²) in [6, 6.07) is 6.89. The number of nitrogens with zero attached hydrogens (tertiary/aromatic N) is 3. The van der Waals surface area contributed by atoms with Crippen LogP contribution in [-0.4, -0.2) is 36.0 Å². The van der Waals surface area contributed by atoms with Crippen molar-refractivity contribution in [2.24, 2.45) is 12.8 Å². The quantitative estimate of drug-likeness (QED) is 0.797. The topological polar surface area (TPSA) is 90.9 Å². The molecule has 0 aliphatic rings. The zero-order valence-electron chi connectivity index (χ0n) is 12.0. The lowest BCUT2D eigenvalue weighted by Crippen LogP contribution is -2.08. The number of hydrogen-bond donors (Lipinski definition) is 1. The first-order valence-electron chi connectivity index (χ1n) is 6.42. The predicted octanol–water partition coefficient (Wildman–Crippen LogP) is 1.01. The van der Waals surface area contributed by atoms with Gasteiger partial charge in [0.05, 0.1) is 4.90 Å². The lowest BCUT2D eigenvalue weighted by molar-refractivity contribution is 0.602. The molecule has 0 saturated carbocycles. The molecule has 114 valence electrons. The van der Waals surface area contributed by atoms with Crippen LogP contribution in [0, 0.1) is 0 Å². The molecular formula is C13H18N4O2S2. The molecule has 0 bridgehead atoms. The minimum atomic E-state index is -3.14. The molecule has 6 nitrogen and oxygen atoms in total. The summed E-state index contributed by atoms with van der Waals surface area (Å²) < 4.78 is 24.7. The van der Waals surface area contributed by atoms with Crippen LogP contribution < -0.4 is 5.73 Å². The summed E-state index contributed by atoms with van der Waals surface area (Å²) in [4.78, 5) is 0.333. The first kappa shape index (κ1) is 16.0. The second kappa shape index (κ2) is 6.59. The molecule has 1 heterocycles. The molecule has 2 rings (SSSR count). The molecule has 0 aliphatic heterocycles. The van der Waals surface area contributed by atoms with Gasteiger partial charge in [0, 0.05) is 25.5 Å². The first-order chi connectivity index (χ1) is 9.91. The van der Waals surface area contributed by atoms with Crippen LogP contribution >= 0.6 is 11.8 Å². The van der Waals surface area contributed by atoms with Gasteiger partial charge in [-0.15, -0.1) is 10.2 Å². The highest BCUT2D eigenvalue weighted by molar-refractivity contribution is 7.98. The van der Waals surface area contributed by atoms with Crippen molar-refractivity contribution in [3.63, 3.8) is 0 Å². The monoisotopic (exact) mass is 326 g/mol. The molecule has 1 aromatic heterocycles. The fourth-order valence-electron chi connectivity index (χ4n) is 1.80. The van der Waals surface area contributed by atoms with E-state index in [4.69, 9.17) is 5.73 Å². The van der Waals surface area contributed by atoms with Gasteiger partial charge in [-0.25, -0.2) is 8.42 Å². The van der Waals surface area contributed by atoms with Crippen LogP contribution in [0.5, 0.6) is 0 Å². The molecule has 0 fully saturated rings. The number of thioether (sulfide) groups is 1. The van der Waals surface area contributed by atoms with Gasteiger partial charge in [-0.3, -0.25) is 0 Å². The normalized spacial score (nSPS) is 11.8. The molecule has 2 aromatic rings. The zero-order valence-corrected chi connectivity index (χ0v) is 13.6. The third-order valence-electron chi connectivity index (χ3n) is 3.01. The van der Waals surface area contributed by atoms with Gasteiger partial charge in [0.2, 0.25) is 0 Å². The second-order valence-corrected chi connectivity index (χ2v) is 7.66. The predicted molar refractivity (Wildman–Crippen MR) is 82.9 cm³/mol. The summed E-state index contributed by atoms with van der Waals surface area (Å²) in [5.74, 6) is 1.57. The van der Waals surface area contributed by atoms with Gasteiger partial charge in [-0.05, 0) is 24.2 Å². The molecule has 0 aliphatic carbocycles. The number of aromatic nitrogens is 3. The van der Waals surface area contributed by atoms with E-state index in [0.717, 1.165) is 16.5 Å². The fraction of sp³-hybridized carbons (Fsp3) is 0.385. The summed E-state index contributed by atoms with van der Waals surface area (Å²) in [5, 5.41) is 9.05. The molecule has 2 N–H and O–H groups in total. The molecule has 0 unspecified atom stereocenters. The van der Waals surface area contributed by atoms with Crippen LogP contribution in [0.1, 0.15) is 11.4 Å². The number of rotatable bonds is 6. The smallest absolute Gasteiger partial charge is 0.191 e. The van der Waals surface area contributed by atoms with E-state index < -0.39 is 9.84 Å². The number of hydrogen-bond acceptors (Lipinski definition) is 6. The number of sulfone groups is 1. The Morgan fingerprint density at radius 3 is 2.48 bits per heavy atom. The van der Waals surface area contributed by atoms with Crippen molar-refractivity contribution in [1.29, 1.82) is 0 Å². The van der Waals surface area contributed by atoms with Gasteiger partial charge in [-0.2, -0.15) is 0 Å². The Labute approximate surface area is 128 Å². The van der Waals surface area contributed by atoms with E-state index in [0.29, 0.717) is 23.6 Å². The summed E-state index contributed by atoms with van der Waals surface area (Å²) in [7, 11) is -1.22. The molecule has 0 spiro atoms. The van der Waals surface area contributed by atoms with Crippen molar-refractivity contribution in [2.45, 2.75) is 22.2 Å². The Bertz CT molecular complexity index is 708. The van der Waals surface area contributed by atoms with Gasteiger partial charge < -0.3 is 10.3 Å². The van der Waals surface area contributed by atoms with Gasteiger partial charge >= 0.3 is 0 Å². The van der Waals surface area contributed by atoms with E-state index in [-0.39, 0.29) is 0 Å². The SMILES string of the molecule is Cn1c(CCN)nnc1SCc1ccc(S(C)(=O)=O)cc1. The van der Waals surface area contributed by atoms with Crippen molar-refractivity contribution in [1.82, 2.24) is 14.8 Å². The third kappa shape index (κ3) is 4.05. The molecular weight excluding hydrogens is 308 g/mol. The van der Waals surface area contributed by atoms with Gasteiger partial charge in [0.25, 0.3) is 0 Å². The molecule has 1 aromatic carbocycles. The minimum absolute atomic E-state index is 0.333. The Morgan fingerprint density at radius 1 is 1.24 bits per heavy atom. The van der Waals surface area contributed by atoms with Crippen LogP contribution in [0.15, 0.2) is 34.3 Å². The van der Waals surface area contributed by atoms with Crippen molar-refractivity contribution in [3.05, 3.63) is 35.7 Å². The second-order valence-electron chi connectivity index (χ2n) is 4.70. The van der Waals surface area contributed by atoms with Crippen LogP contribution in [0.25, 0.3) is 0 Å². The maximum absolute atomic E-state index is 11.4. The standard InChI is InChI=1S/C13H18N4O2S2/c1-17-12(7-8-14)15-16-13(17)20-9-10-3-5-11(6-4-10)21(2,18)19/h3-6H,7-9,14H2,1-2H3. The molecule has 8 heteroatoms. The van der Waals surface area contributed by atoms with Crippen LogP contribution in [0.4, 0.5) is 0 Å². The zero-order chi connectivity index (χ0) is 15.5. The Morgan fingerprint density at radius 2 is 1.90 bits per heavy atom. The average Bonchev–Trinajstić information content (AvgIpc) is 2.78. The molecule has 0 atom stereocenters. The van der Waals surface area contributed by atoms with Crippen LogP contribution in [-0.2, 0) is 29.1 Å². The number of nitrogens with two attached hydrogens (primary N) is 1. The summed E-state index contributed by atoms with van der Waals surface area (Å²) in [5.41, 5.74) is 6.55. The lowest BCUT2D eigenvalue weighted by atomic mass is 10.2. The van der Waals surface area contributed by atoms with E-state index in [1.54, 1.807) is 23.9 Å². The minimum Gasteiger partial charge on any atom is -0.330 e. The van der Waals surface area contributed by atoms with E-state index in [2.05, 4.69) is 10.2 Å². The van der Waals surface area contributed by atoms with Crippen molar-refractivity contribution in [3.8, 4) is 0 Å². The highest BCUT2D eigenvalue weighted by Gasteiger charge is 2.10. The Kier molecular flexibility index (Phi) is 5.02. The fourth-order valence-corrected chi connectivity index (χ4v) is 3.31. The molecule has 0 saturated heterocycles. The Balaban J connectivity index is 2.03. The third-order valence-corrected chi connectivity index (χ3v) is 5.23. The van der Waals surface area contributed by atoms with Crippen molar-refractivity contribution in [2.75, 3.05) is 12.8 Å². The molecule has 0 amide bonds. The highest BCUT2D eigenvalue weighted by Crippen LogP contribution is 2.22. The van der Waals surface area contributed by atoms with Gasteiger partial charge in [0.15, 0.2) is 15.0 Å². The summed E-state index contributed by atoms with van der Waals surface area (Å²) in [6.45, 7) is 0.545. The van der Waals surface area contributed by atoms with E-state index in [9.17, 15) is 8.42 Å². The molecule has 21 heavy (non-hydrogen) atoms. The first-order valence-corrected chi connectivity index (χ1v) is 9.29. The lowest BCUT2D eigenvalue weighted by Gasteiger charge is -2.04. The largest absolute Gasteiger partial charge is 0.330 e. The van der Waals surface area contributed by atoms with Crippen LogP contribution in [0.2, 0.25) is 0 Å². The summed E-state index contributed by atoms with van der Waals surface area (Å²) in [6.07, 6.45) is 1.91. The maximum atomic E-state index is 11.4. The van der Waals surface area contributed by atoms with E-state index >= 15 is 0 Å². The summed E-state index contributed by atoms with van der Waals surface area (Å²) >= 11 is 1.56. The van der Waals surface area contributed by atoms with Gasteiger partial charge in [0.1, 0.15) is 5.82 Å². The Hall–Kier alpha value is -1.38. The van der Waals surface area contributed by atoms with E-state index in [1.807, 2.05) is 23.7 Å². The van der Waals surface area contributed by atoms with Crippen molar-refractivity contribution >= 4 is 21.6 Å². The van der Waals surface area contributed by atoms with Crippen LogP contribution in [0.3, 0.4) is 0 Å². The van der Waals surface area contributed by atoms with Crippen molar-refractivity contribution < 1.29 is 8.42 Å². The maximum Gasteiger partial charge on any atom is 0.191 e. The van der Waals surface area contributed by atoms with Gasteiger partial charge in [-0.1, -0.05) is 23.9 Å².